The minimum absolute atomic E-state index is 0.395. The topological polar surface area (TPSA) is 97.8 Å². The molecule has 0 aliphatic carbocycles. The van der Waals surface area contributed by atoms with Crippen LogP contribution in [-0.2, 0) is 0 Å². The molecule has 2 heterocycles. The maximum atomic E-state index is 12.5. The molecule has 1 saturated heterocycles. The average molecular weight is 478 g/mol. The monoisotopic (exact) mass is 477 g/mol. The van der Waals surface area contributed by atoms with Gasteiger partial charge in [-0.2, -0.15) is 0 Å². The average Bonchev–Trinajstić information content (AvgIpc) is 3.18. The highest BCUT2D eigenvalue weighted by atomic mass is 16.5. The first-order valence-electron chi connectivity index (χ1n) is 11.7. The highest BCUT2D eigenvalue weighted by Gasteiger charge is 2.15. The van der Waals surface area contributed by atoms with Crippen LogP contribution in [0.15, 0.2) is 48.5 Å². The van der Waals surface area contributed by atoms with Gasteiger partial charge in [-0.05, 0) is 37.1 Å². The predicted molar refractivity (Wildman–Crippen MR) is 137 cm³/mol. The first-order chi connectivity index (χ1) is 17.1. The number of aromatic nitrogens is 2. The summed E-state index contributed by atoms with van der Waals surface area (Å²) in [6.45, 7) is 2.07. The molecule has 0 radical (unpaired) electrons. The largest absolute Gasteiger partial charge is 0.493 e. The third-order valence-electron chi connectivity index (χ3n) is 5.94. The van der Waals surface area contributed by atoms with Crippen LogP contribution in [0.1, 0.15) is 25.7 Å². The lowest BCUT2D eigenvalue weighted by Crippen LogP contribution is -2.25. The van der Waals surface area contributed by atoms with Gasteiger partial charge < -0.3 is 29.7 Å². The van der Waals surface area contributed by atoms with Crippen molar-refractivity contribution in [1.29, 1.82) is 0 Å². The van der Waals surface area contributed by atoms with E-state index in [2.05, 4.69) is 25.7 Å². The summed E-state index contributed by atoms with van der Waals surface area (Å²) < 4.78 is 16.0. The lowest BCUT2D eigenvalue weighted by Gasteiger charge is -2.20. The van der Waals surface area contributed by atoms with Gasteiger partial charge in [0.1, 0.15) is 0 Å². The Morgan fingerprint density at radius 2 is 1.40 bits per heavy atom. The molecular weight excluding hydrogens is 446 g/mol. The van der Waals surface area contributed by atoms with Crippen LogP contribution in [0.5, 0.6) is 17.2 Å². The van der Waals surface area contributed by atoms with Crippen molar-refractivity contribution in [2.24, 2.45) is 0 Å². The van der Waals surface area contributed by atoms with Gasteiger partial charge in [0.15, 0.2) is 17.3 Å². The van der Waals surface area contributed by atoms with Crippen LogP contribution in [-0.4, -0.2) is 50.6 Å². The molecule has 2 N–H and O–H groups in total. The maximum absolute atomic E-state index is 12.5. The van der Waals surface area contributed by atoms with Gasteiger partial charge in [-0.1, -0.05) is 25.0 Å². The van der Waals surface area contributed by atoms with Crippen LogP contribution >= 0.6 is 0 Å². The highest BCUT2D eigenvalue weighted by Crippen LogP contribution is 2.40. The van der Waals surface area contributed by atoms with Gasteiger partial charge in [0.25, 0.3) is 0 Å². The Labute approximate surface area is 205 Å². The smallest absolute Gasteiger partial charge is 0.323 e. The number of hydrogen-bond acceptors (Lipinski definition) is 7. The molecule has 3 aromatic rings. The molecule has 1 aromatic heterocycles. The van der Waals surface area contributed by atoms with E-state index in [0.717, 1.165) is 30.2 Å². The van der Waals surface area contributed by atoms with Crippen molar-refractivity contribution in [2.45, 2.75) is 25.7 Å². The van der Waals surface area contributed by atoms with Gasteiger partial charge >= 0.3 is 6.03 Å². The van der Waals surface area contributed by atoms with Gasteiger partial charge in [0, 0.05) is 36.5 Å². The van der Waals surface area contributed by atoms with E-state index in [1.54, 1.807) is 12.1 Å². The molecule has 0 saturated carbocycles. The van der Waals surface area contributed by atoms with Gasteiger partial charge in [-0.15, -0.1) is 10.2 Å². The van der Waals surface area contributed by atoms with E-state index in [-0.39, 0.29) is 0 Å². The van der Waals surface area contributed by atoms with E-state index in [4.69, 9.17) is 14.2 Å². The molecule has 9 heteroatoms. The lowest BCUT2D eigenvalue weighted by atomic mass is 10.1. The molecule has 2 amide bonds. The summed E-state index contributed by atoms with van der Waals surface area (Å²) in [5.41, 5.74) is 2.87. The quantitative estimate of drug-likeness (QED) is 0.483. The third-order valence-corrected chi connectivity index (χ3v) is 5.94. The minimum Gasteiger partial charge on any atom is -0.493 e. The zero-order chi connectivity index (χ0) is 24.6. The highest BCUT2D eigenvalue weighted by molar-refractivity contribution is 6.00. The molecule has 1 fully saturated rings. The first-order valence-corrected chi connectivity index (χ1v) is 11.7. The Kier molecular flexibility index (Phi) is 7.87. The minimum atomic E-state index is -0.395. The van der Waals surface area contributed by atoms with E-state index in [1.807, 2.05) is 36.4 Å². The second-order valence-corrected chi connectivity index (χ2v) is 8.25. The molecule has 0 unspecified atom stereocenters. The number of anilines is 3. The van der Waals surface area contributed by atoms with Crippen LogP contribution in [0.25, 0.3) is 11.3 Å². The van der Waals surface area contributed by atoms with Gasteiger partial charge in [-0.3, -0.25) is 0 Å². The zero-order valence-electron chi connectivity index (χ0n) is 20.3. The summed E-state index contributed by atoms with van der Waals surface area (Å²) in [6.07, 6.45) is 4.96. The van der Waals surface area contributed by atoms with Crippen LogP contribution in [0.4, 0.5) is 22.0 Å². The lowest BCUT2D eigenvalue weighted by molar-refractivity contribution is 0.262. The number of nitrogens with one attached hydrogen (secondary N) is 2. The Hall–Kier alpha value is -4.01. The number of carbonyl (C=O) groups is 1. The van der Waals surface area contributed by atoms with Gasteiger partial charge in [0.05, 0.1) is 32.7 Å². The molecule has 0 spiro atoms. The second kappa shape index (κ2) is 11.4. The molecule has 4 rings (SSSR count). The van der Waals surface area contributed by atoms with Crippen LogP contribution in [0, 0.1) is 0 Å². The molecule has 9 nitrogen and oxygen atoms in total. The standard InChI is InChI=1S/C26H31N5O4/c1-33-22-16-20(17-23(34-2)25(22)35-3)28-26(32)27-19-10-8-18(9-11-19)21-12-13-24(30-29-21)31-14-6-4-5-7-15-31/h8-13,16-17H,4-7,14-15H2,1-3H3,(H2,27,28,32). The third kappa shape index (κ3) is 5.92. The number of carbonyl (C=O) groups excluding carboxylic acids is 1. The van der Waals surface area contributed by atoms with E-state index < -0.39 is 6.03 Å². The summed E-state index contributed by atoms with van der Waals surface area (Å²) in [4.78, 5) is 14.8. The second-order valence-electron chi connectivity index (χ2n) is 8.25. The fourth-order valence-corrected chi connectivity index (χ4v) is 4.12. The number of urea groups is 1. The Bertz CT molecular complexity index is 1100. The van der Waals surface area contributed by atoms with Crippen molar-refractivity contribution in [2.75, 3.05) is 50.0 Å². The van der Waals surface area contributed by atoms with Crippen molar-refractivity contribution in [1.82, 2.24) is 10.2 Å². The van der Waals surface area contributed by atoms with Crippen molar-refractivity contribution >= 4 is 23.2 Å². The Morgan fingerprint density at radius 3 is 1.94 bits per heavy atom. The number of ether oxygens (including phenoxy) is 3. The molecule has 1 aliphatic heterocycles. The van der Waals surface area contributed by atoms with Crippen LogP contribution in [0.3, 0.4) is 0 Å². The van der Waals surface area contributed by atoms with Crippen molar-refractivity contribution in [3.05, 3.63) is 48.5 Å². The molecule has 184 valence electrons. The molecule has 0 atom stereocenters. The number of hydrogen-bond donors (Lipinski definition) is 2. The number of methoxy groups -OCH3 is 3. The molecule has 0 bridgehead atoms. The summed E-state index contributed by atoms with van der Waals surface area (Å²) >= 11 is 0. The van der Waals surface area contributed by atoms with Crippen LogP contribution < -0.4 is 29.7 Å². The molecule has 35 heavy (non-hydrogen) atoms. The SMILES string of the molecule is COc1cc(NC(=O)Nc2ccc(-c3ccc(N4CCCCCC4)nn3)cc2)cc(OC)c1OC. The summed E-state index contributed by atoms with van der Waals surface area (Å²) in [5, 5.41) is 14.5. The number of nitrogens with zero attached hydrogens (tertiary/aromatic N) is 3. The van der Waals surface area contributed by atoms with Gasteiger partial charge in [-0.25, -0.2) is 4.79 Å². The normalized spacial score (nSPS) is 13.5. The van der Waals surface area contributed by atoms with Crippen molar-refractivity contribution in [3.63, 3.8) is 0 Å². The fourth-order valence-electron chi connectivity index (χ4n) is 4.12. The van der Waals surface area contributed by atoms with E-state index in [1.165, 1.54) is 47.0 Å². The van der Waals surface area contributed by atoms with E-state index in [9.17, 15) is 4.79 Å². The number of benzene rings is 2. The molecular formula is C26H31N5O4. The number of rotatable bonds is 7. The Balaban J connectivity index is 1.39. The summed E-state index contributed by atoms with van der Waals surface area (Å²) in [7, 11) is 4.57. The maximum Gasteiger partial charge on any atom is 0.323 e. The van der Waals surface area contributed by atoms with Crippen molar-refractivity contribution in [3.8, 4) is 28.5 Å². The van der Waals surface area contributed by atoms with Crippen molar-refractivity contribution < 1.29 is 19.0 Å². The van der Waals surface area contributed by atoms with Gasteiger partial charge in [0.2, 0.25) is 5.75 Å². The predicted octanol–water partition coefficient (Wildman–Crippen LogP) is 5.19. The zero-order valence-corrected chi connectivity index (χ0v) is 20.3. The molecule has 2 aromatic carbocycles. The first kappa shape index (κ1) is 24.1. The summed E-state index contributed by atoms with van der Waals surface area (Å²) in [6, 6.07) is 14.4. The fraction of sp³-hybridized carbons (Fsp3) is 0.346. The van der Waals surface area contributed by atoms with E-state index >= 15 is 0 Å². The summed E-state index contributed by atoms with van der Waals surface area (Å²) in [5.74, 6) is 2.29. The Morgan fingerprint density at radius 1 is 0.771 bits per heavy atom. The van der Waals surface area contributed by atoms with Crippen LogP contribution in [0.2, 0.25) is 0 Å². The molecule has 1 aliphatic rings. The van der Waals surface area contributed by atoms with E-state index in [0.29, 0.717) is 28.6 Å². The number of amides is 2.